The normalized spacial score (nSPS) is 13.1. The molecular formula is C12H16N2O2. The summed E-state index contributed by atoms with van der Waals surface area (Å²) in [5, 5.41) is 0. The van der Waals surface area contributed by atoms with Crippen LogP contribution in [0.3, 0.4) is 0 Å². The summed E-state index contributed by atoms with van der Waals surface area (Å²) in [5.41, 5.74) is 2.15. The van der Waals surface area contributed by atoms with Gasteiger partial charge in [-0.2, -0.15) is 0 Å². The van der Waals surface area contributed by atoms with E-state index in [4.69, 9.17) is 9.47 Å². The highest BCUT2D eigenvalue weighted by Crippen LogP contribution is 2.12. The van der Waals surface area contributed by atoms with Gasteiger partial charge in [0.1, 0.15) is 6.79 Å². The van der Waals surface area contributed by atoms with Crippen molar-refractivity contribution in [3.8, 4) is 0 Å². The van der Waals surface area contributed by atoms with Crippen molar-refractivity contribution in [3.63, 3.8) is 0 Å². The van der Waals surface area contributed by atoms with Gasteiger partial charge in [-0.1, -0.05) is 12.1 Å². The Hall–Kier alpha value is -1.39. The number of ether oxygens (including phenoxy) is 2. The van der Waals surface area contributed by atoms with Gasteiger partial charge in [-0.25, -0.2) is 4.98 Å². The van der Waals surface area contributed by atoms with Crippen LogP contribution < -0.4 is 0 Å². The summed E-state index contributed by atoms with van der Waals surface area (Å²) in [6.45, 7) is 3.13. The summed E-state index contributed by atoms with van der Waals surface area (Å²) in [4.78, 5) is 4.33. The molecule has 1 heterocycles. The Kier molecular flexibility index (Phi) is 3.54. The van der Waals surface area contributed by atoms with Crippen LogP contribution >= 0.6 is 0 Å². The average Bonchev–Trinajstić information content (AvgIpc) is 2.70. The molecule has 4 nitrogen and oxygen atoms in total. The van der Waals surface area contributed by atoms with E-state index in [-0.39, 0.29) is 6.10 Å². The van der Waals surface area contributed by atoms with E-state index in [1.54, 1.807) is 7.11 Å². The number of fused-ring (bicyclic) bond motifs is 1. The van der Waals surface area contributed by atoms with Crippen LogP contribution in [-0.4, -0.2) is 29.6 Å². The molecule has 0 bridgehead atoms. The monoisotopic (exact) mass is 220 g/mol. The Labute approximate surface area is 94.8 Å². The summed E-state index contributed by atoms with van der Waals surface area (Å²) in [6.07, 6.45) is 1.95. The van der Waals surface area contributed by atoms with Gasteiger partial charge >= 0.3 is 0 Å². The number of para-hydroxylation sites is 2. The van der Waals surface area contributed by atoms with E-state index in [1.807, 2.05) is 31.5 Å². The molecule has 1 unspecified atom stereocenters. The second kappa shape index (κ2) is 5.09. The van der Waals surface area contributed by atoms with Crippen molar-refractivity contribution in [2.24, 2.45) is 0 Å². The Morgan fingerprint density at radius 2 is 2.19 bits per heavy atom. The van der Waals surface area contributed by atoms with Gasteiger partial charge in [0.05, 0.1) is 30.0 Å². The third-order valence-corrected chi connectivity index (χ3v) is 2.45. The highest BCUT2D eigenvalue weighted by atomic mass is 16.7. The first-order valence-corrected chi connectivity index (χ1v) is 5.31. The number of benzene rings is 1. The lowest BCUT2D eigenvalue weighted by atomic mass is 10.3. The summed E-state index contributed by atoms with van der Waals surface area (Å²) in [7, 11) is 1.62. The van der Waals surface area contributed by atoms with Gasteiger partial charge in [-0.05, 0) is 19.1 Å². The fourth-order valence-electron chi connectivity index (χ4n) is 1.67. The smallest absolute Gasteiger partial charge is 0.146 e. The van der Waals surface area contributed by atoms with E-state index in [0.717, 1.165) is 17.6 Å². The first kappa shape index (κ1) is 11.1. The van der Waals surface area contributed by atoms with E-state index in [0.29, 0.717) is 6.79 Å². The maximum absolute atomic E-state index is 5.44. The molecule has 2 aromatic rings. The fourth-order valence-corrected chi connectivity index (χ4v) is 1.67. The minimum absolute atomic E-state index is 0.109. The lowest BCUT2D eigenvalue weighted by Crippen LogP contribution is -2.17. The lowest BCUT2D eigenvalue weighted by molar-refractivity contribution is -0.0695. The molecule has 2 rings (SSSR count). The van der Waals surface area contributed by atoms with Gasteiger partial charge in [-0.15, -0.1) is 0 Å². The quantitative estimate of drug-likeness (QED) is 0.723. The second-order valence-electron chi connectivity index (χ2n) is 3.77. The van der Waals surface area contributed by atoms with E-state index in [1.165, 1.54) is 0 Å². The van der Waals surface area contributed by atoms with E-state index < -0.39 is 0 Å². The van der Waals surface area contributed by atoms with Gasteiger partial charge in [0.15, 0.2) is 0 Å². The first-order chi connectivity index (χ1) is 7.81. The molecule has 0 radical (unpaired) electrons. The van der Waals surface area contributed by atoms with Gasteiger partial charge < -0.3 is 14.0 Å². The molecule has 0 amide bonds. The van der Waals surface area contributed by atoms with Crippen LogP contribution in [0.25, 0.3) is 11.0 Å². The van der Waals surface area contributed by atoms with E-state index >= 15 is 0 Å². The highest BCUT2D eigenvalue weighted by molar-refractivity contribution is 5.74. The fraction of sp³-hybridized carbons (Fsp3) is 0.417. The second-order valence-corrected chi connectivity index (χ2v) is 3.77. The molecule has 0 N–H and O–H groups in total. The lowest BCUT2D eigenvalue weighted by Gasteiger charge is -2.13. The zero-order valence-electron chi connectivity index (χ0n) is 9.59. The largest absolute Gasteiger partial charge is 0.359 e. The number of aromatic nitrogens is 2. The van der Waals surface area contributed by atoms with Crippen LogP contribution in [0.1, 0.15) is 6.92 Å². The van der Waals surface area contributed by atoms with Crippen molar-refractivity contribution >= 4 is 11.0 Å². The van der Waals surface area contributed by atoms with Crippen molar-refractivity contribution in [1.82, 2.24) is 9.55 Å². The van der Waals surface area contributed by atoms with Crippen molar-refractivity contribution in [1.29, 1.82) is 0 Å². The molecule has 0 spiro atoms. The Balaban J connectivity index is 2.09. The molecule has 86 valence electrons. The molecule has 0 fully saturated rings. The summed E-state index contributed by atoms with van der Waals surface area (Å²) in [5.74, 6) is 0. The molecule has 0 saturated heterocycles. The van der Waals surface area contributed by atoms with Crippen molar-refractivity contribution in [2.75, 3.05) is 13.9 Å². The summed E-state index contributed by atoms with van der Waals surface area (Å²) in [6, 6.07) is 8.07. The predicted molar refractivity (Wildman–Crippen MR) is 62.2 cm³/mol. The number of nitrogens with zero attached hydrogens (tertiary/aromatic N) is 2. The van der Waals surface area contributed by atoms with Crippen LogP contribution in [-0.2, 0) is 16.0 Å². The maximum Gasteiger partial charge on any atom is 0.146 e. The Bertz CT molecular complexity index is 453. The zero-order valence-corrected chi connectivity index (χ0v) is 9.59. The molecule has 1 aromatic heterocycles. The van der Waals surface area contributed by atoms with Crippen molar-refractivity contribution < 1.29 is 9.47 Å². The molecule has 1 atom stereocenters. The standard InChI is InChI=1S/C12H16N2O2/c1-10(16-9-15-2)7-14-8-13-11-5-3-4-6-12(11)14/h3-6,8,10H,7,9H2,1-2H3. The van der Waals surface area contributed by atoms with Crippen LogP contribution in [0, 0.1) is 0 Å². The van der Waals surface area contributed by atoms with Crippen molar-refractivity contribution in [2.45, 2.75) is 19.6 Å². The average molecular weight is 220 g/mol. The molecule has 0 saturated carbocycles. The van der Waals surface area contributed by atoms with Crippen molar-refractivity contribution in [3.05, 3.63) is 30.6 Å². The number of hydrogen-bond donors (Lipinski definition) is 0. The summed E-state index contributed by atoms with van der Waals surface area (Å²) < 4.78 is 12.4. The number of hydrogen-bond acceptors (Lipinski definition) is 3. The Morgan fingerprint density at radius 1 is 1.38 bits per heavy atom. The van der Waals surface area contributed by atoms with Crippen LogP contribution in [0.15, 0.2) is 30.6 Å². The number of imidazole rings is 1. The number of methoxy groups -OCH3 is 1. The number of rotatable bonds is 5. The summed E-state index contributed by atoms with van der Waals surface area (Å²) >= 11 is 0. The predicted octanol–water partition coefficient (Wildman–Crippen LogP) is 2.05. The molecule has 1 aromatic carbocycles. The van der Waals surface area contributed by atoms with Crippen LogP contribution in [0.2, 0.25) is 0 Å². The molecular weight excluding hydrogens is 204 g/mol. The van der Waals surface area contributed by atoms with E-state index in [2.05, 4.69) is 15.6 Å². The molecule has 0 aliphatic rings. The third kappa shape index (κ3) is 2.40. The van der Waals surface area contributed by atoms with Gasteiger partial charge in [-0.3, -0.25) is 0 Å². The first-order valence-electron chi connectivity index (χ1n) is 5.31. The Morgan fingerprint density at radius 3 is 3.00 bits per heavy atom. The zero-order chi connectivity index (χ0) is 11.4. The molecule has 16 heavy (non-hydrogen) atoms. The third-order valence-electron chi connectivity index (χ3n) is 2.45. The SMILES string of the molecule is COCOC(C)Cn1cnc2ccccc21. The minimum Gasteiger partial charge on any atom is -0.359 e. The maximum atomic E-state index is 5.44. The minimum atomic E-state index is 0.109. The molecule has 0 aliphatic heterocycles. The topological polar surface area (TPSA) is 36.3 Å². The van der Waals surface area contributed by atoms with Gasteiger partial charge in [0, 0.05) is 7.11 Å². The van der Waals surface area contributed by atoms with Crippen LogP contribution in [0.5, 0.6) is 0 Å². The molecule has 0 aliphatic carbocycles. The molecule has 4 heteroatoms. The van der Waals surface area contributed by atoms with E-state index in [9.17, 15) is 0 Å². The van der Waals surface area contributed by atoms with Gasteiger partial charge in [0.2, 0.25) is 0 Å². The highest BCUT2D eigenvalue weighted by Gasteiger charge is 2.06. The van der Waals surface area contributed by atoms with Gasteiger partial charge in [0.25, 0.3) is 0 Å². The van der Waals surface area contributed by atoms with Crippen LogP contribution in [0.4, 0.5) is 0 Å².